The summed E-state index contributed by atoms with van der Waals surface area (Å²) in [6, 6.07) is 9.48. The molecule has 1 aliphatic heterocycles. The second-order valence-electron chi connectivity index (χ2n) is 8.04. The van der Waals surface area contributed by atoms with E-state index in [4.69, 9.17) is 4.42 Å². The van der Waals surface area contributed by atoms with Crippen LogP contribution in [0.2, 0.25) is 0 Å². The molecule has 1 aliphatic rings. The van der Waals surface area contributed by atoms with Gasteiger partial charge in [0.1, 0.15) is 17.3 Å². The zero-order chi connectivity index (χ0) is 23.9. The van der Waals surface area contributed by atoms with Gasteiger partial charge in [-0.15, -0.1) is 11.3 Å². The highest BCUT2D eigenvalue weighted by molar-refractivity contribution is 7.14. The van der Waals surface area contributed by atoms with Gasteiger partial charge in [-0.1, -0.05) is 6.92 Å². The monoisotopic (exact) mass is 485 g/mol. The van der Waals surface area contributed by atoms with Crippen molar-refractivity contribution < 1.29 is 18.4 Å². The molecule has 0 radical (unpaired) electrons. The molecule has 8 nitrogen and oxygen atoms in total. The number of halogens is 1. The number of anilines is 2. The maximum absolute atomic E-state index is 13.3. The van der Waals surface area contributed by atoms with Crippen molar-refractivity contribution >= 4 is 34.0 Å². The molecule has 3 aromatic rings. The van der Waals surface area contributed by atoms with Gasteiger partial charge in [-0.2, -0.15) is 0 Å². The van der Waals surface area contributed by atoms with E-state index in [1.807, 2.05) is 4.90 Å². The highest BCUT2D eigenvalue weighted by Gasteiger charge is 2.24. The first kappa shape index (κ1) is 23.9. The minimum Gasteiger partial charge on any atom is -0.467 e. The van der Waals surface area contributed by atoms with E-state index in [2.05, 4.69) is 22.1 Å². The number of likely N-dealkylation sites (N-methyl/N-ethyl adjacent to an activating group) is 1. The Hall–Kier alpha value is -3.24. The standard InChI is InChI=1S/C24H28FN5O3S/c1-2-28-11-13-29(14-12-28)22(31)9-10-30(16-20-4-3-15-33-20)23(32)21-17-34-24(27-21)26-19-7-5-18(25)6-8-19/h3-8,15,17H,2,9-14,16H2,1H3,(H,26,27). The lowest BCUT2D eigenvalue weighted by Gasteiger charge is -2.34. The van der Waals surface area contributed by atoms with E-state index in [9.17, 15) is 14.0 Å². The largest absolute Gasteiger partial charge is 0.467 e. The normalized spacial score (nSPS) is 14.2. The van der Waals surface area contributed by atoms with Crippen LogP contribution in [0.25, 0.3) is 0 Å². The first-order chi connectivity index (χ1) is 16.5. The smallest absolute Gasteiger partial charge is 0.273 e. The maximum atomic E-state index is 13.3. The molecule has 1 fully saturated rings. The van der Waals surface area contributed by atoms with Gasteiger partial charge in [-0.05, 0) is 42.9 Å². The van der Waals surface area contributed by atoms with Crippen molar-refractivity contribution in [3.05, 3.63) is 65.3 Å². The van der Waals surface area contributed by atoms with Crippen LogP contribution in [0.3, 0.4) is 0 Å². The summed E-state index contributed by atoms with van der Waals surface area (Å²) in [5, 5.41) is 5.28. The molecule has 0 aliphatic carbocycles. The number of nitrogens with zero attached hydrogens (tertiary/aromatic N) is 4. The van der Waals surface area contributed by atoms with Gasteiger partial charge in [0.25, 0.3) is 5.91 Å². The molecule has 34 heavy (non-hydrogen) atoms. The van der Waals surface area contributed by atoms with Crippen molar-refractivity contribution in [1.82, 2.24) is 19.7 Å². The van der Waals surface area contributed by atoms with Gasteiger partial charge in [-0.25, -0.2) is 9.37 Å². The van der Waals surface area contributed by atoms with E-state index < -0.39 is 0 Å². The van der Waals surface area contributed by atoms with Crippen molar-refractivity contribution in [2.24, 2.45) is 0 Å². The number of piperazine rings is 1. The molecule has 0 bridgehead atoms. The van der Waals surface area contributed by atoms with Crippen molar-refractivity contribution in [2.75, 3.05) is 44.6 Å². The summed E-state index contributed by atoms with van der Waals surface area (Å²) in [6.07, 6.45) is 1.80. The quantitative estimate of drug-likeness (QED) is 0.496. The van der Waals surface area contributed by atoms with Crippen LogP contribution in [0.15, 0.2) is 52.5 Å². The third kappa shape index (κ3) is 6.21. The van der Waals surface area contributed by atoms with E-state index in [0.717, 1.165) is 19.6 Å². The second-order valence-corrected chi connectivity index (χ2v) is 8.90. The number of furan rings is 1. The maximum Gasteiger partial charge on any atom is 0.273 e. The SMILES string of the molecule is CCN1CCN(C(=O)CCN(Cc2ccco2)C(=O)c2csc(Nc3ccc(F)cc3)n2)CC1. The number of carbonyl (C=O) groups is 2. The Morgan fingerprint density at radius 2 is 1.94 bits per heavy atom. The number of hydrogen-bond acceptors (Lipinski definition) is 7. The third-order valence-corrected chi connectivity index (χ3v) is 6.56. The summed E-state index contributed by atoms with van der Waals surface area (Å²) in [7, 11) is 0. The topological polar surface area (TPSA) is 81.9 Å². The summed E-state index contributed by atoms with van der Waals surface area (Å²) in [5.41, 5.74) is 0.959. The van der Waals surface area contributed by atoms with Crippen molar-refractivity contribution in [1.29, 1.82) is 0 Å². The average Bonchev–Trinajstić information content (AvgIpc) is 3.55. The Bertz CT molecular complexity index is 1080. The molecule has 10 heteroatoms. The number of thiazole rings is 1. The molecule has 0 saturated carbocycles. The molecular formula is C24H28FN5O3S. The Balaban J connectivity index is 1.40. The van der Waals surface area contributed by atoms with Crippen LogP contribution in [0.1, 0.15) is 29.6 Å². The molecule has 2 aromatic heterocycles. The van der Waals surface area contributed by atoms with Gasteiger partial charge in [0.15, 0.2) is 5.13 Å². The first-order valence-corrected chi connectivity index (χ1v) is 12.2. The van der Waals surface area contributed by atoms with Crippen molar-refractivity contribution in [3.8, 4) is 0 Å². The molecule has 1 saturated heterocycles. The van der Waals surface area contributed by atoms with Gasteiger partial charge in [0, 0.05) is 50.2 Å². The number of nitrogens with one attached hydrogen (secondary N) is 1. The molecule has 2 amide bonds. The van der Waals surface area contributed by atoms with E-state index >= 15 is 0 Å². The molecule has 0 spiro atoms. The fraction of sp³-hybridized carbons (Fsp3) is 0.375. The van der Waals surface area contributed by atoms with Gasteiger partial charge < -0.3 is 24.4 Å². The second kappa shape index (κ2) is 11.3. The van der Waals surface area contributed by atoms with Crippen molar-refractivity contribution in [2.45, 2.75) is 19.9 Å². The number of amides is 2. The van der Waals surface area contributed by atoms with Crippen LogP contribution in [-0.4, -0.2) is 70.8 Å². The van der Waals surface area contributed by atoms with Gasteiger partial charge in [-0.3, -0.25) is 9.59 Å². The van der Waals surface area contributed by atoms with Gasteiger partial charge in [0.05, 0.1) is 12.8 Å². The van der Waals surface area contributed by atoms with Crippen LogP contribution in [-0.2, 0) is 11.3 Å². The highest BCUT2D eigenvalue weighted by Crippen LogP contribution is 2.22. The van der Waals surface area contributed by atoms with E-state index in [-0.39, 0.29) is 42.8 Å². The van der Waals surface area contributed by atoms with Gasteiger partial charge in [0.2, 0.25) is 5.91 Å². The highest BCUT2D eigenvalue weighted by atomic mass is 32.1. The zero-order valence-electron chi connectivity index (χ0n) is 19.1. The molecule has 180 valence electrons. The van der Waals surface area contributed by atoms with Crippen LogP contribution >= 0.6 is 11.3 Å². The molecule has 4 rings (SSSR count). The number of aromatic nitrogens is 1. The first-order valence-electron chi connectivity index (χ1n) is 11.3. The Kier molecular flexibility index (Phi) is 7.91. The van der Waals surface area contributed by atoms with E-state index in [1.165, 1.54) is 23.5 Å². The zero-order valence-corrected chi connectivity index (χ0v) is 19.9. The molecule has 0 unspecified atom stereocenters. The molecular weight excluding hydrogens is 457 g/mol. The van der Waals surface area contributed by atoms with Crippen molar-refractivity contribution in [3.63, 3.8) is 0 Å². The predicted octanol–water partition coefficient (Wildman–Crippen LogP) is 3.82. The lowest BCUT2D eigenvalue weighted by atomic mass is 10.2. The lowest BCUT2D eigenvalue weighted by molar-refractivity contribution is -0.133. The molecule has 1 N–H and O–H groups in total. The summed E-state index contributed by atoms with van der Waals surface area (Å²) in [6.45, 7) is 6.80. The molecule has 3 heterocycles. The summed E-state index contributed by atoms with van der Waals surface area (Å²) in [4.78, 5) is 36.2. The van der Waals surface area contributed by atoms with Crippen LogP contribution in [0.4, 0.5) is 15.2 Å². The van der Waals surface area contributed by atoms with Gasteiger partial charge >= 0.3 is 0 Å². The minimum atomic E-state index is -0.323. The Morgan fingerprint density at radius 1 is 1.18 bits per heavy atom. The number of rotatable bonds is 9. The van der Waals surface area contributed by atoms with Crippen LogP contribution < -0.4 is 5.32 Å². The fourth-order valence-electron chi connectivity index (χ4n) is 3.79. The summed E-state index contributed by atoms with van der Waals surface area (Å²) < 4.78 is 18.6. The minimum absolute atomic E-state index is 0.0462. The number of carbonyl (C=O) groups excluding carboxylic acids is 2. The average molecular weight is 486 g/mol. The molecule has 1 aromatic carbocycles. The summed E-state index contributed by atoms with van der Waals surface area (Å²) >= 11 is 1.28. The third-order valence-electron chi connectivity index (χ3n) is 5.80. The van der Waals surface area contributed by atoms with Crippen LogP contribution in [0.5, 0.6) is 0 Å². The molecule has 0 atom stereocenters. The lowest BCUT2D eigenvalue weighted by Crippen LogP contribution is -2.49. The number of benzene rings is 1. The predicted molar refractivity (Wildman–Crippen MR) is 129 cm³/mol. The summed E-state index contributed by atoms with van der Waals surface area (Å²) in [5.74, 6) is 0.0847. The number of hydrogen-bond donors (Lipinski definition) is 1. The Morgan fingerprint density at radius 3 is 2.62 bits per heavy atom. The van der Waals surface area contributed by atoms with Crippen LogP contribution in [0, 0.1) is 5.82 Å². The van der Waals surface area contributed by atoms with E-state index in [0.29, 0.717) is 29.7 Å². The fourth-order valence-corrected chi connectivity index (χ4v) is 4.50. The van der Waals surface area contributed by atoms with E-state index in [1.54, 1.807) is 40.8 Å². The Labute approximate surface area is 202 Å².